The number of halogens is 1. The monoisotopic (exact) mass is 423 g/mol. The van der Waals surface area contributed by atoms with E-state index < -0.39 is 6.17 Å². The van der Waals surface area contributed by atoms with Gasteiger partial charge in [-0.05, 0) is 73.1 Å². The van der Waals surface area contributed by atoms with Crippen molar-refractivity contribution in [3.8, 4) is 16.9 Å². The number of alkyl halides is 1. The van der Waals surface area contributed by atoms with E-state index in [1.165, 1.54) is 36.8 Å². The quantitative estimate of drug-likeness (QED) is 0.265. The topological polar surface area (TPSA) is 21.6 Å². The molecule has 0 amide bonds. The van der Waals surface area contributed by atoms with Crippen LogP contribution < -0.4 is 4.74 Å². The van der Waals surface area contributed by atoms with Crippen LogP contribution in [-0.2, 0) is 0 Å². The Morgan fingerprint density at radius 1 is 1.00 bits per heavy atom. The van der Waals surface area contributed by atoms with E-state index in [4.69, 9.17) is 4.74 Å². The Kier molecular flexibility index (Phi) is 9.12. The second-order valence-corrected chi connectivity index (χ2v) is 9.14. The maximum Gasteiger partial charge on any atom is 0.134 e. The molecule has 4 atom stereocenters. The first kappa shape index (κ1) is 23.5. The summed E-state index contributed by atoms with van der Waals surface area (Å²) in [7, 11) is 0. The minimum Gasteiger partial charge on any atom is -0.491 e. The summed E-state index contributed by atoms with van der Waals surface area (Å²) in [5, 5.41) is 0. The average Bonchev–Trinajstić information content (AvgIpc) is 2.81. The van der Waals surface area contributed by atoms with Crippen molar-refractivity contribution in [1.82, 2.24) is 0 Å². The van der Waals surface area contributed by atoms with E-state index in [1.54, 1.807) is 0 Å². The molecule has 0 aromatic heterocycles. The van der Waals surface area contributed by atoms with Gasteiger partial charge in [-0.2, -0.15) is 0 Å². The van der Waals surface area contributed by atoms with Crippen LogP contribution in [0.15, 0.2) is 53.5 Å². The highest BCUT2D eigenvalue weighted by molar-refractivity contribution is 5.64. The predicted molar refractivity (Wildman–Crippen MR) is 130 cm³/mol. The minimum atomic E-state index is -0.886. The third kappa shape index (κ3) is 6.92. The van der Waals surface area contributed by atoms with Crippen LogP contribution in [0.25, 0.3) is 11.1 Å². The molecule has 1 aliphatic rings. The van der Waals surface area contributed by atoms with E-state index in [9.17, 15) is 4.39 Å². The molecule has 1 fully saturated rings. The third-order valence-electron chi connectivity index (χ3n) is 6.76. The van der Waals surface area contributed by atoms with Gasteiger partial charge in [-0.15, -0.1) is 0 Å². The van der Waals surface area contributed by atoms with Crippen LogP contribution in [0.3, 0.4) is 0 Å². The number of ether oxygens (including phenoxy) is 1. The molecule has 0 N–H and O–H groups in total. The molecule has 2 aromatic carbocycles. The van der Waals surface area contributed by atoms with Crippen molar-refractivity contribution in [2.24, 2.45) is 10.9 Å². The van der Waals surface area contributed by atoms with E-state index in [1.807, 2.05) is 12.1 Å². The Labute approximate surface area is 187 Å². The Morgan fingerprint density at radius 2 is 1.68 bits per heavy atom. The SMILES string of the molecule is C=NC1CC(c2ccc(-c3ccc(OCC(F)CCCCCC)cc3)cc2)CCC1C. The molecule has 0 spiro atoms. The maximum absolute atomic E-state index is 14.0. The molecule has 1 saturated carbocycles. The predicted octanol–water partition coefficient (Wildman–Crippen LogP) is 8.01. The van der Waals surface area contributed by atoms with Gasteiger partial charge in [0.25, 0.3) is 0 Å². The summed E-state index contributed by atoms with van der Waals surface area (Å²) < 4.78 is 19.6. The van der Waals surface area contributed by atoms with Gasteiger partial charge < -0.3 is 4.74 Å². The second-order valence-electron chi connectivity index (χ2n) is 9.14. The highest BCUT2D eigenvalue weighted by Crippen LogP contribution is 2.37. The number of rotatable bonds is 11. The zero-order chi connectivity index (χ0) is 22.1. The fourth-order valence-electron chi connectivity index (χ4n) is 4.61. The molecule has 3 rings (SSSR count). The molecule has 0 saturated heterocycles. The maximum atomic E-state index is 14.0. The van der Waals surface area contributed by atoms with Crippen molar-refractivity contribution in [1.29, 1.82) is 0 Å². The van der Waals surface area contributed by atoms with Gasteiger partial charge >= 0.3 is 0 Å². The van der Waals surface area contributed by atoms with Gasteiger partial charge in [0.15, 0.2) is 0 Å². The summed E-state index contributed by atoms with van der Waals surface area (Å²) in [5.41, 5.74) is 3.74. The van der Waals surface area contributed by atoms with Gasteiger partial charge in [-0.25, -0.2) is 4.39 Å². The number of unbranched alkanes of at least 4 members (excludes halogenated alkanes) is 3. The Hall–Kier alpha value is -2.16. The lowest BCUT2D eigenvalue weighted by Crippen LogP contribution is -2.24. The van der Waals surface area contributed by atoms with Gasteiger partial charge in [0.05, 0.1) is 6.04 Å². The van der Waals surface area contributed by atoms with Crippen molar-refractivity contribution in [3.05, 3.63) is 54.1 Å². The number of nitrogens with zero attached hydrogens (tertiary/aromatic N) is 1. The fraction of sp³-hybridized carbons (Fsp3) is 0.536. The first-order valence-electron chi connectivity index (χ1n) is 12.0. The zero-order valence-corrected chi connectivity index (χ0v) is 19.2. The summed E-state index contributed by atoms with van der Waals surface area (Å²) >= 11 is 0. The number of aliphatic imine (C=N–C) groups is 1. The second kappa shape index (κ2) is 12.0. The Bertz CT molecular complexity index is 786. The highest BCUT2D eigenvalue weighted by atomic mass is 19.1. The summed E-state index contributed by atoms with van der Waals surface area (Å²) in [6.07, 6.45) is 7.66. The number of hydrogen-bond acceptors (Lipinski definition) is 2. The molecule has 2 nitrogen and oxygen atoms in total. The van der Waals surface area contributed by atoms with Crippen LogP contribution in [0.2, 0.25) is 0 Å². The zero-order valence-electron chi connectivity index (χ0n) is 19.2. The molecule has 0 aliphatic heterocycles. The molecule has 0 bridgehead atoms. The van der Waals surface area contributed by atoms with E-state index in [-0.39, 0.29) is 6.61 Å². The van der Waals surface area contributed by atoms with Gasteiger partial charge in [-0.3, -0.25) is 4.99 Å². The standard InChI is InChI=1S/C28H38FNO/c1-4-5-6-7-8-26(29)20-31-27-17-15-23(16-18-27)22-11-13-24(14-12-22)25-10-9-21(2)28(19-25)30-3/h11-18,21,25-26,28H,3-10,19-20H2,1-2H3. The Balaban J connectivity index is 1.51. The van der Waals surface area contributed by atoms with Crippen LogP contribution in [0.5, 0.6) is 5.75 Å². The van der Waals surface area contributed by atoms with Crippen molar-refractivity contribution < 1.29 is 9.13 Å². The van der Waals surface area contributed by atoms with Crippen molar-refractivity contribution in [2.75, 3.05) is 6.61 Å². The van der Waals surface area contributed by atoms with E-state index in [0.29, 0.717) is 24.3 Å². The van der Waals surface area contributed by atoms with Crippen molar-refractivity contribution in [2.45, 2.75) is 83.3 Å². The number of benzene rings is 2. The van der Waals surface area contributed by atoms with Gasteiger partial charge in [-0.1, -0.05) is 75.9 Å². The Morgan fingerprint density at radius 3 is 2.32 bits per heavy atom. The van der Waals surface area contributed by atoms with Crippen LogP contribution in [0.4, 0.5) is 4.39 Å². The number of hydrogen-bond donors (Lipinski definition) is 0. The van der Waals surface area contributed by atoms with E-state index in [2.05, 4.69) is 62.0 Å². The lowest BCUT2D eigenvalue weighted by molar-refractivity contribution is 0.184. The van der Waals surface area contributed by atoms with Crippen LogP contribution >= 0.6 is 0 Å². The molecular formula is C28H38FNO. The summed E-state index contributed by atoms with van der Waals surface area (Å²) in [5.74, 6) is 1.95. The lowest BCUT2D eigenvalue weighted by Gasteiger charge is -2.32. The molecule has 31 heavy (non-hydrogen) atoms. The summed E-state index contributed by atoms with van der Waals surface area (Å²) in [4.78, 5) is 4.34. The molecule has 0 heterocycles. The normalized spacial score (nSPS) is 22.1. The largest absolute Gasteiger partial charge is 0.491 e. The van der Waals surface area contributed by atoms with Crippen LogP contribution in [-0.4, -0.2) is 25.5 Å². The van der Waals surface area contributed by atoms with Crippen molar-refractivity contribution >= 4 is 6.72 Å². The van der Waals surface area contributed by atoms with Crippen LogP contribution in [0, 0.1) is 5.92 Å². The van der Waals surface area contributed by atoms with Gasteiger partial charge in [0.2, 0.25) is 0 Å². The van der Waals surface area contributed by atoms with Gasteiger partial charge in [0, 0.05) is 0 Å². The summed E-state index contributed by atoms with van der Waals surface area (Å²) in [6.45, 7) is 8.38. The molecule has 4 unspecified atom stereocenters. The molecular weight excluding hydrogens is 385 g/mol. The van der Waals surface area contributed by atoms with E-state index >= 15 is 0 Å². The summed E-state index contributed by atoms with van der Waals surface area (Å²) in [6, 6.07) is 17.3. The van der Waals surface area contributed by atoms with Gasteiger partial charge in [0.1, 0.15) is 18.5 Å². The third-order valence-corrected chi connectivity index (χ3v) is 6.76. The molecule has 2 aromatic rings. The average molecular weight is 424 g/mol. The molecule has 1 aliphatic carbocycles. The first-order valence-corrected chi connectivity index (χ1v) is 12.0. The minimum absolute atomic E-state index is 0.140. The highest BCUT2D eigenvalue weighted by Gasteiger charge is 2.27. The first-order chi connectivity index (χ1) is 15.1. The van der Waals surface area contributed by atoms with E-state index in [0.717, 1.165) is 30.6 Å². The molecule has 3 heteroatoms. The lowest BCUT2D eigenvalue weighted by atomic mass is 9.76. The fourth-order valence-corrected chi connectivity index (χ4v) is 4.61. The smallest absolute Gasteiger partial charge is 0.134 e. The molecule has 0 radical (unpaired) electrons. The van der Waals surface area contributed by atoms with Crippen molar-refractivity contribution in [3.63, 3.8) is 0 Å². The van der Waals surface area contributed by atoms with Crippen LogP contribution in [0.1, 0.15) is 76.7 Å². The molecule has 168 valence electrons.